The maximum Gasteiger partial charge on any atom is 0.316 e. The molecule has 26 heavy (non-hydrogen) atoms. The van der Waals surface area contributed by atoms with Gasteiger partial charge in [0.25, 0.3) is 0 Å². The molecule has 0 aromatic carbocycles. The fraction of sp³-hybridized carbons (Fsp3) is 0.684. The Hall–Kier alpha value is -0.0236. The summed E-state index contributed by atoms with van der Waals surface area (Å²) in [5.74, 6) is -3.18. The number of carboxylic acids is 1. The van der Waals surface area contributed by atoms with Crippen LogP contribution in [0.25, 0.3) is 0 Å². The second kappa shape index (κ2) is 5.31. The molecule has 5 rings (SSSR count). The number of hydrogen-bond acceptors (Lipinski definition) is 5. The van der Waals surface area contributed by atoms with Gasteiger partial charge < -0.3 is 20.1 Å². The quantitative estimate of drug-likeness (QED) is 0.348. The van der Waals surface area contributed by atoms with Crippen LogP contribution in [-0.4, -0.2) is 95.9 Å². The monoisotopic (exact) mass is 385 g/mol. The van der Waals surface area contributed by atoms with Gasteiger partial charge in [0, 0.05) is 63.2 Å². The summed E-state index contributed by atoms with van der Waals surface area (Å²) in [6.45, 7) is 5.64. The van der Waals surface area contributed by atoms with E-state index in [-0.39, 0.29) is 57.3 Å². The van der Waals surface area contributed by atoms with Gasteiger partial charge in [-0.3, -0.25) is 9.59 Å². The van der Waals surface area contributed by atoms with E-state index in [0.29, 0.717) is 31.3 Å². The van der Waals surface area contributed by atoms with Gasteiger partial charge >= 0.3 is 11.9 Å². The van der Waals surface area contributed by atoms with Crippen LogP contribution < -0.4 is 0 Å². The number of carboxylic acid groups (broad SMARTS) is 1. The molecule has 1 spiro atoms. The first-order chi connectivity index (χ1) is 11.6. The van der Waals surface area contributed by atoms with Gasteiger partial charge in [-0.05, 0) is 49.7 Å². The van der Waals surface area contributed by atoms with Gasteiger partial charge in [0.2, 0.25) is 0 Å². The molecule has 6 nitrogen and oxygen atoms in total. The Bertz CT molecular complexity index is 778. The van der Waals surface area contributed by atoms with Crippen molar-refractivity contribution in [2.75, 3.05) is 0 Å². The number of aliphatic carboxylic acids is 1. The van der Waals surface area contributed by atoms with Crippen molar-refractivity contribution in [3.63, 3.8) is 0 Å². The summed E-state index contributed by atoms with van der Waals surface area (Å²) in [6, 6.07) is 0. The Kier molecular flexibility index (Phi) is 3.95. The van der Waals surface area contributed by atoms with Gasteiger partial charge in [0.05, 0.1) is 17.6 Å². The summed E-state index contributed by atoms with van der Waals surface area (Å²) in [7, 11) is 0. The summed E-state index contributed by atoms with van der Waals surface area (Å²) < 4.78 is 5.87. The van der Waals surface area contributed by atoms with E-state index in [0.717, 1.165) is 0 Å². The molecule has 8 atom stereocenters. The van der Waals surface area contributed by atoms with E-state index in [1.165, 1.54) is 0 Å². The predicted molar refractivity (Wildman–Crippen MR) is 90.9 cm³/mol. The largest absolute Gasteiger partial charge is 0.481 e. The number of esters is 1. The van der Waals surface area contributed by atoms with Crippen LogP contribution in [0.3, 0.4) is 0 Å². The fourth-order valence-corrected chi connectivity index (χ4v) is 7.13. The second-order valence-corrected chi connectivity index (χ2v) is 8.94. The molecular formula is C19H22KO6. The van der Waals surface area contributed by atoms with Crippen molar-refractivity contribution in [3.05, 3.63) is 24.3 Å². The van der Waals surface area contributed by atoms with Crippen LogP contribution in [0.4, 0.5) is 0 Å². The summed E-state index contributed by atoms with van der Waals surface area (Å²) >= 11 is 0. The number of carbonyl (C=O) groups is 2. The van der Waals surface area contributed by atoms with Crippen LogP contribution in [-0.2, 0) is 14.3 Å². The van der Waals surface area contributed by atoms with Crippen molar-refractivity contribution >= 4 is 63.3 Å². The number of carbonyl (C=O) groups excluding carboxylic acids is 1. The standard InChI is InChI=1S/C19H22O6.K/c1-9-7-17-8-18(9,24)5-3-10(17)19-6-4-11(20)16(2,15(23)25-19)13(19)12(17)14(21)22;/h4,6,10-13,20,24H,1,3,5,7-8H2,2H3,(H,21,22);/t10-,11+,12-,13-,16-,17+,18+,19-;/m0./s1. The Labute approximate surface area is 194 Å². The summed E-state index contributed by atoms with van der Waals surface area (Å²) in [4.78, 5) is 25.1. The Balaban J connectivity index is 0.00000168. The third kappa shape index (κ3) is 1.79. The van der Waals surface area contributed by atoms with Crippen molar-refractivity contribution in [2.24, 2.45) is 28.6 Å². The zero-order chi connectivity index (χ0) is 18.0. The first-order valence-electron chi connectivity index (χ1n) is 8.86. The Morgan fingerprint density at radius 1 is 1.42 bits per heavy atom. The summed E-state index contributed by atoms with van der Waals surface area (Å²) in [5.41, 5.74) is -3.29. The predicted octanol–water partition coefficient (Wildman–Crippen LogP) is 0.646. The van der Waals surface area contributed by atoms with E-state index >= 15 is 0 Å². The van der Waals surface area contributed by atoms with Gasteiger partial charge in [0.1, 0.15) is 11.0 Å². The smallest absolute Gasteiger partial charge is 0.316 e. The molecule has 0 amide bonds. The van der Waals surface area contributed by atoms with E-state index in [1.807, 2.05) is 0 Å². The molecule has 0 unspecified atom stereocenters. The number of aliphatic hydroxyl groups excluding tert-OH is 1. The van der Waals surface area contributed by atoms with Crippen LogP contribution in [0.1, 0.15) is 32.6 Å². The van der Waals surface area contributed by atoms with Gasteiger partial charge in [-0.15, -0.1) is 0 Å². The molecule has 4 aliphatic carbocycles. The maximum absolute atomic E-state index is 12.7. The number of fused-ring (bicyclic) bond motifs is 1. The molecule has 4 bridgehead atoms. The number of ether oxygens (including phenoxy) is 1. The third-order valence-corrected chi connectivity index (χ3v) is 8.12. The van der Waals surface area contributed by atoms with E-state index in [9.17, 15) is 24.9 Å². The second-order valence-electron chi connectivity index (χ2n) is 8.94. The van der Waals surface area contributed by atoms with E-state index in [1.54, 1.807) is 19.1 Å². The van der Waals surface area contributed by atoms with Crippen molar-refractivity contribution in [1.82, 2.24) is 0 Å². The van der Waals surface area contributed by atoms with Crippen LogP contribution in [0, 0.1) is 28.6 Å². The molecule has 3 saturated carbocycles. The van der Waals surface area contributed by atoms with Crippen LogP contribution in [0.15, 0.2) is 24.3 Å². The molecule has 4 fully saturated rings. The number of hydrogen-bond donors (Lipinski definition) is 3. The van der Waals surface area contributed by atoms with Crippen molar-refractivity contribution in [1.29, 1.82) is 0 Å². The molecule has 3 N–H and O–H groups in total. The molecule has 7 heteroatoms. The molecule has 1 radical (unpaired) electrons. The molecule has 1 saturated heterocycles. The molecule has 135 valence electrons. The summed E-state index contributed by atoms with van der Waals surface area (Å²) in [6.07, 6.45) is 4.11. The van der Waals surface area contributed by atoms with Crippen LogP contribution in [0.2, 0.25) is 0 Å². The van der Waals surface area contributed by atoms with Gasteiger partial charge in [-0.1, -0.05) is 12.7 Å². The molecule has 5 aliphatic rings. The molecule has 0 aromatic heterocycles. The van der Waals surface area contributed by atoms with Gasteiger partial charge in [0.15, 0.2) is 0 Å². The minimum atomic E-state index is -1.27. The average molecular weight is 385 g/mol. The maximum atomic E-state index is 12.7. The first kappa shape index (κ1) is 19.3. The van der Waals surface area contributed by atoms with Crippen molar-refractivity contribution in [3.8, 4) is 0 Å². The first-order valence-corrected chi connectivity index (χ1v) is 8.86. The minimum absolute atomic E-state index is 0. The Morgan fingerprint density at radius 3 is 2.77 bits per heavy atom. The van der Waals surface area contributed by atoms with Crippen molar-refractivity contribution < 1.29 is 29.6 Å². The minimum Gasteiger partial charge on any atom is -0.481 e. The zero-order valence-corrected chi connectivity index (χ0v) is 18.2. The fourth-order valence-electron chi connectivity index (χ4n) is 7.13. The molecular weight excluding hydrogens is 363 g/mol. The Morgan fingerprint density at radius 2 is 2.12 bits per heavy atom. The topological polar surface area (TPSA) is 104 Å². The SMILES string of the molecule is C=C1C[C@@]23C[C@]1(O)CC[C@@H]2[C@]12C=C[C@@H](O)[C@](C)(C(=O)O1)[C@@H]2[C@H]3C(=O)O.[K]. The number of aliphatic hydroxyl groups is 2. The number of rotatable bonds is 1. The van der Waals surface area contributed by atoms with Gasteiger partial charge in [-0.25, -0.2) is 0 Å². The normalized spacial score (nSPS) is 55.8. The molecule has 1 heterocycles. The zero-order valence-electron chi connectivity index (χ0n) is 15.1. The van der Waals surface area contributed by atoms with E-state index < -0.39 is 51.9 Å². The van der Waals surface area contributed by atoms with E-state index in [2.05, 4.69) is 6.58 Å². The molecule has 0 aromatic rings. The van der Waals surface area contributed by atoms with Crippen LogP contribution >= 0.6 is 0 Å². The average Bonchev–Trinajstić information content (AvgIpc) is 2.95. The van der Waals surface area contributed by atoms with Crippen LogP contribution in [0.5, 0.6) is 0 Å². The van der Waals surface area contributed by atoms with E-state index in [4.69, 9.17) is 4.74 Å². The summed E-state index contributed by atoms with van der Waals surface area (Å²) in [5, 5.41) is 31.6. The van der Waals surface area contributed by atoms with Gasteiger partial charge in [-0.2, -0.15) is 0 Å². The molecule has 1 aliphatic heterocycles. The third-order valence-electron chi connectivity index (χ3n) is 8.12. The van der Waals surface area contributed by atoms with Crippen molar-refractivity contribution in [2.45, 2.75) is 49.9 Å².